The van der Waals surface area contributed by atoms with Gasteiger partial charge in [-0.15, -0.1) is 11.3 Å². The molecule has 0 N–H and O–H groups in total. The molecule has 0 unspecified atom stereocenters. The van der Waals surface area contributed by atoms with Crippen LogP contribution in [0.5, 0.6) is 0 Å². The fourth-order valence-electron chi connectivity index (χ4n) is 1.58. The second kappa shape index (κ2) is 4.91. The van der Waals surface area contributed by atoms with E-state index in [9.17, 15) is 0 Å². The van der Waals surface area contributed by atoms with Gasteiger partial charge >= 0.3 is 0 Å². The molecule has 0 radical (unpaired) electrons. The Morgan fingerprint density at radius 2 is 2.22 bits per heavy atom. The van der Waals surface area contributed by atoms with Gasteiger partial charge in [-0.2, -0.15) is 5.10 Å². The highest BCUT2D eigenvalue weighted by Crippen LogP contribution is 2.25. The van der Waals surface area contributed by atoms with Crippen molar-refractivity contribution in [2.45, 2.75) is 5.16 Å². The van der Waals surface area contributed by atoms with Crippen LogP contribution in [0.15, 0.2) is 47.2 Å². The molecule has 0 saturated heterocycles. The molecule has 0 spiro atoms. The first-order valence-electron chi connectivity index (χ1n) is 5.34. The molecule has 0 amide bonds. The average molecular weight is 274 g/mol. The lowest BCUT2D eigenvalue weighted by molar-refractivity contribution is 0.810. The molecule has 3 rings (SSSR count). The predicted octanol–water partition coefficient (Wildman–Crippen LogP) is 3.11. The summed E-state index contributed by atoms with van der Waals surface area (Å²) >= 11 is 3.20. The lowest BCUT2D eigenvalue weighted by Crippen LogP contribution is -2.01. The van der Waals surface area contributed by atoms with Crippen molar-refractivity contribution in [2.75, 3.05) is 6.26 Å². The van der Waals surface area contributed by atoms with Crippen LogP contribution in [0, 0.1) is 0 Å². The number of hydrogen-bond donors (Lipinski definition) is 0. The van der Waals surface area contributed by atoms with Crippen LogP contribution >= 0.6 is 23.1 Å². The Kier molecular flexibility index (Phi) is 3.12. The van der Waals surface area contributed by atoms with Crippen LogP contribution in [0.4, 0.5) is 0 Å². The van der Waals surface area contributed by atoms with Crippen LogP contribution < -0.4 is 0 Å². The first kappa shape index (κ1) is 11.4. The van der Waals surface area contributed by atoms with E-state index < -0.39 is 0 Å². The highest BCUT2D eigenvalue weighted by molar-refractivity contribution is 7.98. The third-order valence-electron chi connectivity index (χ3n) is 2.39. The summed E-state index contributed by atoms with van der Waals surface area (Å²) in [4.78, 5) is 10.1. The molecule has 18 heavy (non-hydrogen) atoms. The molecule has 90 valence electrons. The molecular weight excluding hydrogens is 264 g/mol. The smallest absolute Gasteiger partial charge is 0.189 e. The average Bonchev–Trinajstić information content (AvgIpc) is 3.10. The van der Waals surface area contributed by atoms with E-state index in [0.717, 1.165) is 21.5 Å². The van der Waals surface area contributed by atoms with Gasteiger partial charge in [-0.05, 0) is 23.8 Å². The molecule has 0 aliphatic rings. The normalized spacial score (nSPS) is 10.7. The van der Waals surface area contributed by atoms with Gasteiger partial charge in [-0.25, -0.2) is 14.6 Å². The number of thioether (sulfide) groups is 1. The van der Waals surface area contributed by atoms with Gasteiger partial charge in [0.1, 0.15) is 0 Å². The Morgan fingerprint density at radius 3 is 2.89 bits per heavy atom. The topological polar surface area (TPSA) is 43.6 Å². The van der Waals surface area contributed by atoms with Crippen LogP contribution in [0.3, 0.4) is 0 Å². The van der Waals surface area contributed by atoms with Crippen molar-refractivity contribution < 1.29 is 0 Å². The Balaban J connectivity index is 2.13. The largest absolute Gasteiger partial charge is 0.223 e. The second-order valence-electron chi connectivity index (χ2n) is 3.53. The minimum absolute atomic E-state index is 0.756. The molecule has 0 aliphatic carbocycles. The summed E-state index contributed by atoms with van der Waals surface area (Å²) in [6.07, 6.45) is 5.59. The Bertz CT molecular complexity index is 580. The molecule has 0 atom stereocenters. The lowest BCUT2D eigenvalue weighted by Gasteiger charge is -2.05. The summed E-state index contributed by atoms with van der Waals surface area (Å²) in [5, 5.41) is 7.01. The third-order valence-corrected chi connectivity index (χ3v) is 3.83. The standard InChI is InChI=1S/C12H10N4S2/c1-17-12-14-9(10-4-2-7-18-10)8-11(15-12)16-6-3-5-13-16/h2-8H,1H3. The number of rotatable bonds is 3. The first-order valence-corrected chi connectivity index (χ1v) is 7.44. The van der Waals surface area contributed by atoms with Gasteiger partial charge in [0.2, 0.25) is 0 Å². The molecule has 4 nitrogen and oxygen atoms in total. The molecule has 0 aliphatic heterocycles. The predicted molar refractivity (Wildman–Crippen MR) is 74.2 cm³/mol. The van der Waals surface area contributed by atoms with Crippen molar-refractivity contribution in [3.05, 3.63) is 42.0 Å². The summed E-state index contributed by atoms with van der Waals surface area (Å²) in [6, 6.07) is 7.92. The van der Waals surface area contributed by atoms with Crippen molar-refractivity contribution in [3.8, 4) is 16.4 Å². The molecule has 6 heteroatoms. The number of nitrogens with zero attached hydrogens (tertiary/aromatic N) is 4. The van der Waals surface area contributed by atoms with Crippen molar-refractivity contribution in [2.24, 2.45) is 0 Å². The maximum absolute atomic E-state index is 4.53. The van der Waals surface area contributed by atoms with E-state index in [2.05, 4.69) is 21.1 Å². The van der Waals surface area contributed by atoms with Crippen molar-refractivity contribution >= 4 is 23.1 Å². The maximum Gasteiger partial charge on any atom is 0.189 e. The molecule has 3 aromatic rings. The van der Waals surface area contributed by atoms with Crippen molar-refractivity contribution in [1.29, 1.82) is 0 Å². The van der Waals surface area contributed by atoms with Gasteiger partial charge in [0, 0.05) is 18.5 Å². The minimum Gasteiger partial charge on any atom is -0.223 e. The van der Waals surface area contributed by atoms with Crippen LogP contribution in [0.1, 0.15) is 0 Å². The zero-order valence-electron chi connectivity index (χ0n) is 9.65. The van der Waals surface area contributed by atoms with E-state index in [-0.39, 0.29) is 0 Å². The number of aromatic nitrogens is 4. The zero-order valence-corrected chi connectivity index (χ0v) is 11.3. The number of thiophene rings is 1. The molecule has 3 heterocycles. The molecule has 0 bridgehead atoms. The van der Waals surface area contributed by atoms with E-state index in [1.807, 2.05) is 36.0 Å². The van der Waals surface area contributed by atoms with Crippen LogP contribution in [0.2, 0.25) is 0 Å². The van der Waals surface area contributed by atoms with Crippen molar-refractivity contribution in [1.82, 2.24) is 19.7 Å². The Morgan fingerprint density at radius 1 is 1.28 bits per heavy atom. The van der Waals surface area contributed by atoms with Gasteiger partial charge in [0.05, 0.1) is 10.6 Å². The van der Waals surface area contributed by atoms with Crippen LogP contribution in [0.25, 0.3) is 16.4 Å². The van der Waals surface area contributed by atoms with E-state index in [1.54, 1.807) is 22.2 Å². The van der Waals surface area contributed by atoms with E-state index in [4.69, 9.17) is 0 Å². The summed E-state index contributed by atoms with van der Waals surface area (Å²) in [5.41, 5.74) is 0.940. The van der Waals surface area contributed by atoms with E-state index >= 15 is 0 Å². The van der Waals surface area contributed by atoms with E-state index in [0.29, 0.717) is 0 Å². The second-order valence-corrected chi connectivity index (χ2v) is 5.25. The van der Waals surface area contributed by atoms with Gasteiger partial charge in [0.15, 0.2) is 11.0 Å². The fraction of sp³-hybridized carbons (Fsp3) is 0.0833. The van der Waals surface area contributed by atoms with Gasteiger partial charge in [-0.3, -0.25) is 0 Å². The van der Waals surface area contributed by atoms with Crippen LogP contribution in [-0.4, -0.2) is 26.0 Å². The highest BCUT2D eigenvalue weighted by atomic mass is 32.2. The molecule has 0 saturated carbocycles. The molecular formula is C12H10N4S2. The summed E-state index contributed by atoms with van der Waals surface area (Å²) < 4.78 is 1.75. The maximum atomic E-state index is 4.53. The first-order chi connectivity index (χ1) is 8.86. The Hall–Kier alpha value is -1.66. The van der Waals surface area contributed by atoms with Gasteiger partial charge in [-0.1, -0.05) is 17.8 Å². The Labute approximate surface area is 113 Å². The highest BCUT2D eigenvalue weighted by Gasteiger charge is 2.08. The van der Waals surface area contributed by atoms with Crippen molar-refractivity contribution in [3.63, 3.8) is 0 Å². The zero-order chi connectivity index (χ0) is 12.4. The third kappa shape index (κ3) is 2.16. The monoisotopic (exact) mass is 274 g/mol. The summed E-state index contributed by atoms with van der Waals surface area (Å²) in [7, 11) is 0. The van der Waals surface area contributed by atoms with E-state index in [1.165, 1.54) is 11.8 Å². The van der Waals surface area contributed by atoms with Crippen LogP contribution in [-0.2, 0) is 0 Å². The number of hydrogen-bond acceptors (Lipinski definition) is 5. The molecule has 3 aromatic heterocycles. The SMILES string of the molecule is CSc1nc(-c2cccs2)cc(-n2cccn2)n1. The van der Waals surface area contributed by atoms with Gasteiger partial charge in [0.25, 0.3) is 0 Å². The minimum atomic E-state index is 0.756. The molecule has 0 aromatic carbocycles. The summed E-state index contributed by atoms with van der Waals surface area (Å²) in [6.45, 7) is 0. The lowest BCUT2D eigenvalue weighted by atomic mass is 10.3. The summed E-state index contributed by atoms with van der Waals surface area (Å²) in [5.74, 6) is 0.794. The molecule has 0 fully saturated rings. The van der Waals surface area contributed by atoms with Gasteiger partial charge < -0.3 is 0 Å². The quantitative estimate of drug-likeness (QED) is 0.544. The fourth-order valence-corrected chi connectivity index (χ4v) is 2.64.